The van der Waals surface area contributed by atoms with Crippen molar-refractivity contribution in [3.05, 3.63) is 41.9 Å². The van der Waals surface area contributed by atoms with E-state index in [9.17, 15) is 4.79 Å². The van der Waals surface area contributed by atoms with Crippen LogP contribution in [-0.4, -0.2) is 29.9 Å². The molecule has 1 fully saturated rings. The summed E-state index contributed by atoms with van der Waals surface area (Å²) in [5, 5.41) is 6.46. The number of hydrogen-bond acceptors (Lipinski definition) is 4. The Morgan fingerprint density at radius 1 is 1.44 bits per heavy atom. The maximum absolute atomic E-state index is 12.2. The third-order valence-corrected chi connectivity index (χ3v) is 3.21. The Kier molecular flexibility index (Phi) is 2.22. The van der Waals surface area contributed by atoms with Crippen LogP contribution in [0.15, 0.2) is 36.3 Å². The van der Waals surface area contributed by atoms with Crippen LogP contribution in [0.25, 0.3) is 0 Å². The molecule has 4 nitrogen and oxygen atoms in total. The van der Waals surface area contributed by atoms with E-state index in [0.29, 0.717) is 11.5 Å². The number of nitrogens with one attached hydrogen (secondary N) is 2. The standard InChI is InChI=1S/C12H13N3O/c16-12(8-2-1-3-13-4-8)11-10-7-14-5-9(10)6-15-11/h1-4,7,9,11,14-15H,5-6H2. The van der Waals surface area contributed by atoms with Gasteiger partial charge in [-0.25, -0.2) is 0 Å². The van der Waals surface area contributed by atoms with Gasteiger partial charge in [0.2, 0.25) is 0 Å². The summed E-state index contributed by atoms with van der Waals surface area (Å²) in [4.78, 5) is 16.2. The highest BCUT2D eigenvalue weighted by Crippen LogP contribution is 2.26. The van der Waals surface area contributed by atoms with Crippen molar-refractivity contribution in [2.45, 2.75) is 6.04 Å². The number of nitrogens with zero attached hydrogens (tertiary/aromatic N) is 1. The van der Waals surface area contributed by atoms with Crippen molar-refractivity contribution in [1.29, 1.82) is 0 Å². The fourth-order valence-corrected chi connectivity index (χ4v) is 2.36. The molecule has 0 aromatic carbocycles. The predicted molar refractivity (Wildman–Crippen MR) is 59.9 cm³/mol. The van der Waals surface area contributed by atoms with Crippen LogP contribution in [0.4, 0.5) is 0 Å². The van der Waals surface area contributed by atoms with Gasteiger partial charge in [-0.05, 0) is 23.9 Å². The van der Waals surface area contributed by atoms with Crippen molar-refractivity contribution in [2.75, 3.05) is 13.1 Å². The summed E-state index contributed by atoms with van der Waals surface area (Å²) in [6, 6.07) is 3.44. The van der Waals surface area contributed by atoms with Crippen molar-refractivity contribution >= 4 is 5.78 Å². The summed E-state index contributed by atoms with van der Waals surface area (Å²) in [6.07, 6.45) is 5.28. The quantitative estimate of drug-likeness (QED) is 0.698. The number of aromatic nitrogens is 1. The molecule has 2 aliphatic rings. The molecule has 0 spiro atoms. The van der Waals surface area contributed by atoms with E-state index < -0.39 is 0 Å². The summed E-state index contributed by atoms with van der Waals surface area (Å²) in [5.74, 6) is 0.594. The van der Waals surface area contributed by atoms with E-state index in [0.717, 1.165) is 13.1 Å². The zero-order valence-corrected chi connectivity index (χ0v) is 8.81. The van der Waals surface area contributed by atoms with Crippen molar-refractivity contribution < 1.29 is 4.79 Å². The monoisotopic (exact) mass is 215 g/mol. The van der Waals surface area contributed by atoms with Crippen LogP contribution < -0.4 is 10.6 Å². The lowest BCUT2D eigenvalue weighted by Crippen LogP contribution is -2.32. The Hall–Kier alpha value is -1.68. The third-order valence-electron chi connectivity index (χ3n) is 3.21. The van der Waals surface area contributed by atoms with Gasteiger partial charge < -0.3 is 10.6 Å². The van der Waals surface area contributed by atoms with E-state index in [1.54, 1.807) is 18.5 Å². The van der Waals surface area contributed by atoms with Crippen molar-refractivity contribution in [1.82, 2.24) is 15.6 Å². The average molecular weight is 215 g/mol. The molecule has 0 radical (unpaired) electrons. The molecule has 1 aromatic heterocycles. The topological polar surface area (TPSA) is 54.0 Å². The summed E-state index contributed by atoms with van der Waals surface area (Å²) in [6.45, 7) is 1.83. The summed E-state index contributed by atoms with van der Waals surface area (Å²) < 4.78 is 0. The number of fused-ring (bicyclic) bond motifs is 1. The van der Waals surface area contributed by atoms with Crippen LogP contribution in [-0.2, 0) is 0 Å². The minimum atomic E-state index is -0.163. The highest BCUT2D eigenvalue weighted by Gasteiger charge is 2.36. The molecular weight excluding hydrogens is 202 g/mol. The SMILES string of the molecule is O=C(c1cccnc1)C1NCC2CNC=C21. The fraction of sp³-hybridized carbons (Fsp3) is 0.333. The van der Waals surface area contributed by atoms with E-state index in [1.165, 1.54) is 5.57 Å². The molecule has 16 heavy (non-hydrogen) atoms. The summed E-state index contributed by atoms with van der Waals surface area (Å²) in [5.41, 5.74) is 1.86. The number of rotatable bonds is 2. The van der Waals surface area contributed by atoms with Gasteiger partial charge in [-0.2, -0.15) is 0 Å². The lowest BCUT2D eigenvalue weighted by Gasteiger charge is -2.10. The molecule has 1 saturated heterocycles. The molecule has 0 aliphatic carbocycles. The molecule has 2 N–H and O–H groups in total. The van der Waals surface area contributed by atoms with Gasteiger partial charge in [0.1, 0.15) is 0 Å². The Morgan fingerprint density at radius 3 is 3.19 bits per heavy atom. The van der Waals surface area contributed by atoms with Gasteiger partial charge in [-0.15, -0.1) is 0 Å². The first kappa shape index (κ1) is 9.54. The highest BCUT2D eigenvalue weighted by atomic mass is 16.1. The minimum Gasteiger partial charge on any atom is -0.390 e. The zero-order valence-electron chi connectivity index (χ0n) is 8.81. The number of Topliss-reactive ketones (excluding diaryl/α,β-unsaturated/α-hetero) is 1. The molecule has 0 saturated carbocycles. The summed E-state index contributed by atoms with van der Waals surface area (Å²) >= 11 is 0. The van der Waals surface area contributed by atoms with Crippen LogP contribution in [0, 0.1) is 5.92 Å². The first-order chi connectivity index (χ1) is 7.86. The third kappa shape index (κ3) is 1.42. The second-order valence-corrected chi connectivity index (χ2v) is 4.20. The van der Waals surface area contributed by atoms with Crippen LogP contribution in [0.2, 0.25) is 0 Å². The van der Waals surface area contributed by atoms with Crippen LogP contribution in [0.3, 0.4) is 0 Å². The Balaban J connectivity index is 1.87. The van der Waals surface area contributed by atoms with E-state index >= 15 is 0 Å². The summed E-state index contributed by atoms with van der Waals surface area (Å²) in [7, 11) is 0. The van der Waals surface area contributed by atoms with Gasteiger partial charge in [0, 0.05) is 37.0 Å². The van der Waals surface area contributed by atoms with Gasteiger partial charge in [-0.1, -0.05) is 0 Å². The maximum Gasteiger partial charge on any atom is 0.185 e. The fourth-order valence-electron chi connectivity index (χ4n) is 2.36. The number of pyridine rings is 1. The Morgan fingerprint density at radius 2 is 2.38 bits per heavy atom. The van der Waals surface area contributed by atoms with Gasteiger partial charge in [0.25, 0.3) is 0 Å². The second kappa shape index (κ2) is 3.72. The molecule has 82 valence electrons. The molecule has 0 amide bonds. The average Bonchev–Trinajstić information content (AvgIpc) is 2.91. The van der Waals surface area contributed by atoms with Crippen molar-refractivity contribution in [3.63, 3.8) is 0 Å². The number of ketones is 1. The molecule has 1 aromatic rings. The minimum absolute atomic E-state index is 0.116. The largest absolute Gasteiger partial charge is 0.390 e. The Bertz CT molecular complexity index is 441. The van der Waals surface area contributed by atoms with Crippen LogP contribution in [0.5, 0.6) is 0 Å². The van der Waals surface area contributed by atoms with E-state index in [-0.39, 0.29) is 11.8 Å². The predicted octanol–water partition coefficient (Wildman–Crippen LogP) is 0.339. The van der Waals surface area contributed by atoms with E-state index in [4.69, 9.17) is 0 Å². The van der Waals surface area contributed by atoms with Gasteiger partial charge in [0.05, 0.1) is 6.04 Å². The Labute approximate surface area is 93.8 Å². The number of carbonyl (C=O) groups is 1. The normalized spacial score (nSPS) is 27.1. The molecule has 0 bridgehead atoms. The molecule has 2 atom stereocenters. The highest BCUT2D eigenvalue weighted by molar-refractivity contribution is 6.02. The molecule has 3 rings (SSSR count). The van der Waals surface area contributed by atoms with E-state index in [1.807, 2.05) is 12.3 Å². The first-order valence-corrected chi connectivity index (χ1v) is 5.47. The molecule has 2 aliphatic heterocycles. The van der Waals surface area contributed by atoms with E-state index in [2.05, 4.69) is 15.6 Å². The number of hydrogen-bond donors (Lipinski definition) is 2. The second-order valence-electron chi connectivity index (χ2n) is 4.20. The zero-order chi connectivity index (χ0) is 11.0. The van der Waals surface area contributed by atoms with Crippen molar-refractivity contribution in [3.8, 4) is 0 Å². The van der Waals surface area contributed by atoms with Crippen LogP contribution in [0.1, 0.15) is 10.4 Å². The maximum atomic E-state index is 12.2. The molecular formula is C12H13N3O. The first-order valence-electron chi connectivity index (χ1n) is 5.47. The van der Waals surface area contributed by atoms with Gasteiger partial charge in [0.15, 0.2) is 5.78 Å². The van der Waals surface area contributed by atoms with Gasteiger partial charge >= 0.3 is 0 Å². The van der Waals surface area contributed by atoms with Gasteiger partial charge in [-0.3, -0.25) is 9.78 Å². The van der Waals surface area contributed by atoms with Crippen LogP contribution >= 0.6 is 0 Å². The van der Waals surface area contributed by atoms with Crippen molar-refractivity contribution in [2.24, 2.45) is 5.92 Å². The lowest BCUT2D eigenvalue weighted by atomic mass is 9.96. The smallest absolute Gasteiger partial charge is 0.185 e. The molecule has 2 unspecified atom stereocenters. The molecule has 4 heteroatoms. The lowest BCUT2D eigenvalue weighted by molar-refractivity contribution is 0.0966. The molecule has 3 heterocycles. The number of carbonyl (C=O) groups excluding carboxylic acids is 1.